The Morgan fingerprint density at radius 1 is 1.12 bits per heavy atom. The van der Waals surface area contributed by atoms with Crippen LogP contribution in [-0.4, -0.2) is 41.6 Å². The monoisotopic (exact) mass is 330 g/mol. The molecule has 2 aliphatic rings. The third-order valence-corrected chi connectivity index (χ3v) is 5.66. The molecule has 2 fully saturated rings. The lowest BCUT2D eigenvalue weighted by Gasteiger charge is -2.34. The van der Waals surface area contributed by atoms with E-state index < -0.39 is 5.97 Å². The summed E-state index contributed by atoms with van der Waals surface area (Å²) in [6, 6.07) is 10.4. The second kappa shape index (κ2) is 7.24. The molecule has 0 aromatic heterocycles. The lowest BCUT2D eigenvalue weighted by Crippen LogP contribution is -2.48. The highest BCUT2D eigenvalue weighted by Crippen LogP contribution is 2.40. The molecule has 0 radical (unpaired) electrons. The van der Waals surface area contributed by atoms with Crippen molar-refractivity contribution >= 4 is 12.0 Å². The van der Waals surface area contributed by atoms with Gasteiger partial charge in [0, 0.05) is 25.0 Å². The second-order valence-electron chi connectivity index (χ2n) is 7.11. The van der Waals surface area contributed by atoms with Crippen molar-refractivity contribution in [2.24, 2.45) is 5.92 Å². The molecular formula is C19H26N2O3. The van der Waals surface area contributed by atoms with Gasteiger partial charge < -0.3 is 15.3 Å². The van der Waals surface area contributed by atoms with Crippen molar-refractivity contribution in [1.82, 2.24) is 10.2 Å². The Bertz CT molecular complexity index is 574. The van der Waals surface area contributed by atoms with E-state index in [1.165, 1.54) is 18.4 Å². The summed E-state index contributed by atoms with van der Waals surface area (Å²) in [7, 11) is 0. The van der Waals surface area contributed by atoms with Crippen LogP contribution in [0.2, 0.25) is 0 Å². The second-order valence-corrected chi connectivity index (χ2v) is 7.11. The SMILES string of the molecule is O=C(O)C1CCN(C(=O)NCC2(c3ccccc3)CCCC2)CC1. The van der Waals surface area contributed by atoms with Crippen LogP contribution in [0.25, 0.3) is 0 Å². The van der Waals surface area contributed by atoms with Crippen LogP contribution < -0.4 is 5.32 Å². The number of carbonyl (C=O) groups excluding carboxylic acids is 1. The molecule has 0 bridgehead atoms. The fourth-order valence-corrected chi connectivity index (χ4v) is 4.10. The topological polar surface area (TPSA) is 69.6 Å². The van der Waals surface area contributed by atoms with E-state index in [1.54, 1.807) is 4.90 Å². The van der Waals surface area contributed by atoms with Crippen molar-refractivity contribution < 1.29 is 14.7 Å². The Labute approximate surface area is 143 Å². The van der Waals surface area contributed by atoms with Crippen LogP contribution in [0.3, 0.4) is 0 Å². The van der Waals surface area contributed by atoms with Crippen LogP contribution in [0.1, 0.15) is 44.1 Å². The van der Waals surface area contributed by atoms with Crippen molar-refractivity contribution in [3.8, 4) is 0 Å². The third kappa shape index (κ3) is 3.55. The summed E-state index contributed by atoms with van der Waals surface area (Å²) in [4.78, 5) is 25.2. The smallest absolute Gasteiger partial charge is 0.317 e. The number of carbonyl (C=O) groups is 2. The number of benzene rings is 1. The van der Waals surface area contributed by atoms with Crippen LogP contribution >= 0.6 is 0 Å². The van der Waals surface area contributed by atoms with Crippen LogP contribution in [0.4, 0.5) is 4.79 Å². The molecule has 2 amide bonds. The maximum Gasteiger partial charge on any atom is 0.317 e. The van der Waals surface area contributed by atoms with E-state index in [9.17, 15) is 9.59 Å². The molecule has 5 nitrogen and oxygen atoms in total. The van der Waals surface area contributed by atoms with E-state index in [2.05, 4.69) is 29.6 Å². The summed E-state index contributed by atoms with van der Waals surface area (Å²) in [6.07, 6.45) is 5.72. The van der Waals surface area contributed by atoms with Crippen molar-refractivity contribution in [1.29, 1.82) is 0 Å². The molecule has 3 rings (SSSR count). The van der Waals surface area contributed by atoms with Gasteiger partial charge in [0.25, 0.3) is 0 Å². The van der Waals surface area contributed by atoms with Gasteiger partial charge in [-0.3, -0.25) is 4.79 Å². The molecule has 0 atom stereocenters. The Balaban J connectivity index is 1.58. The first-order valence-electron chi connectivity index (χ1n) is 8.92. The van der Waals surface area contributed by atoms with Crippen LogP contribution in [0.5, 0.6) is 0 Å². The predicted octanol–water partition coefficient (Wildman–Crippen LogP) is 3.00. The Hall–Kier alpha value is -2.04. The summed E-state index contributed by atoms with van der Waals surface area (Å²) < 4.78 is 0. The van der Waals surface area contributed by atoms with Crippen molar-refractivity contribution in [2.45, 2.75) is 43.9 Å². The number of nitrogens with zero attached hydrogens (tertiary/aromatic N) is 1. The quantitative estimate of drug-likeness (QED) is 0.891. The molecule has 1 aromatic carbocycles. The number of carboxylic acid groups (broad SMARTS) is 1. The number of carboxylic acids is 1. The van der Waals surface area contributed by atoms with Gasteiger partial charge in [0.15, 0.2) is 0 Å². The lowest BCUT2D eigenvalue weighted by atomic mass is 9.79. The number of likely N-dealkylation sites (tertiary alicyclic amines) is 1. The number of hydrogen-bond acceptors (Lipinski definition) is 2. The Morgan fingerprint density at radius 2 is 1.75 bits per heavy atom. The lowest BCUT2D eigenvalue weighted by molar-refractivity contribution is -0.143. The number of piperidine rings is 1. The first kappa shape index (κ1) is 16.8. The van der Waals surface area contributed by atoms with Gasteiger partial charge in [-0.05, 0) is 31.2 Å². The molecule has 130 valence electrons. The largest absolute Gasteiger partial charge is 0.481 e. The van der Waals surface area contributed by atoms with Crippen LogP contribution in [-0.2, 0) is 10.2 Å². The molecule has 1 saturated carbocycles. The molecule has 0 unspecified atom stereocenters. The molecular weight excluding hydrogens is 304 g/mol. The highest BCUT2D eigenvalue weighted by molar-refractivity contribution is 5.75. The maximum absolute atomic E-state index is 12.5. The van der Waals surface area contributed by atoms with Gasteiger partial charge in [-0.25, -0.2) is 4.79 Å². The van der Waals surface area contributed by atoms with E-state index in [0.29, 0.717) is 32.5 Å². The van der Waals surface area contributed by atoms with Gasteiger partial charge in [-0.2, -0.15) is 0 Å². The van der Waals surface area contributed by atoms with E-state index in [-0.39, 0.29) is 17.4 Å². The zero-order valence-corrected chi connectivity index (χ0v) is 14.0. The molecule has 24 heavy (non-hydrogen) atoms. The standard InChI is InChI=1S/C19H26N2O3/c22-17(23)15-8-12-21(13-9-15)18(24)20-14-19(10-4-5-11-19)16-6-2-1-3-7-16/h1-3,6-7,15H,4-5,8-14H2,(H,20,24)(H,22,23). The zero-order valence-electron chi connectivity index (χ0n) is 14.0. The van der Waals surface area contributed by atoms with Crippen LogP contribution in [0, 0.1) is 5.92 Å². The Kier molecular flexibility index (Phi) is 5.07. The molecule has 1 heterocycles. The zero-order chi connectivity index (χ0) is 17.0. The number of urea groups is 1. The van der Waals surface area contributed by atoms with Crippen molar-refractivity contribution in [3.05, 3.63) is 35.9 Å². The van der Waals surface area contributed by atoms with E-state index in [0.717, 1.165) is 12.8 Å². The van der Waals surface area contributed by atoms with Gasteiger partial charge in [-0.15, -0.1) is 0 Å². The third-order valence-electron chi connectivity index (χ3n) is 5.66. The maximum atomic E-state index is 12.5. The van der Waals surface area contributed by atoms with Gasteiger partial charge >= 0.3 is 12.0 Å². The molecule has 2 N–H and O–H groups in total. The molecule has 0 spiro atoms. The molecule has 1 aliphatic heterocycles. The van der Waals surface area contributed by atoms with Crippen molar-refractivity contribution in [2.75, 3.05) is 19.6 Å². The Morgan fingerprint density at radius 3 is 2.33 bits per heavy atom. The van der Waals surface area contributed by atoms with Crippen molar-refractivity contribution in [3.63, 3.8) is 0 Å². The minimum absolute atomic E-state index is 0.0519. The number of hydrogen-bond donors (Lipinski definition) is 2. The fourth-order valence-electron chi connectivity index (χ4n) is 4.10. The van der Waals surface area contributed by atoms with Gasteiger partial charge in [0.1, 0.15) is 0 Å². The van der Waals surface area contributed by atoms with E-state index in [4.69, 9.17) is 5.11 Å². The average molecular weight is 330 g/mol. The van der Waals surface area contributed by atoms with Crippen LogP contribution in [0.15, 0.2) is 30.3 Å². The molecule has 5 heteroatoms. The summed E-state index contributed by atoms with van der Waals surface area (Å²) in [5.74, 6) is -1.05. The summed E-state index contributed by atoms with van der Waals surface area (Å²) in [5, 5.41) is 12.2. The van der Waals surface area contributed by atoms with E-state index in [1.807, 2.05) is 6.07 Å². The number of amides is 2. The predicted molar refractivity (Wildman–Crippen MR) is 91.9 cm³/mol. The number of nitrogens with one attached hydrogen (secondary N) is 1. The highest BCUT2D eigenvalue weighted by atomic mass is 16.4. The molecule has 1 saturated heterocycles. The number of rotatable bonds is 4. The molecule has 1 aromatic rings. The summed E-state index contributed by atoms with van der Waals surface area (Å²) >= 11 is 0. The minimum atomic E-state index is -0.746. The minimum Gasteiger partial charge on any atom is -0.481 e. The van der Waals surface area contributed by atoms with Gasteiger partial charge in [0.05, 0.1) is 5.92 Å². The number of aliphatic carboxylic acids is 1. The highest BCUT2D eigenvalue weighted by Gasteiger charge is 2.36. The average Bonchev–Trinajstić information content (AvgIpc) is 3.11. The molecule has 1 aliphatic carbocycles. The first-order valence-corrected chi connectivity index (χ1v) is 8.92. The van der Waals surface area contributed by atoms with Gasteiger partial charge in [-0.1, -0.05) is 43.2 Å². The summed E-state index contributed by atoms with van der Waals surface area (Å²) in [5.41, 5.74) is 1.36. The fraction of sp³-hybridized carbons (Fsp3) is 0.579. The first-order chi connectivity index (χ1) is 11.6. The van der Waals surface area contributed by atoms with Gasteiger partial charge in [0.2, 0.25) is 0 Å². The summed E-state index contributed by atoms with van der Waals surface area (Å²) in [6.45, 7) is 1.72. The van der Waals surface area contributed by atoms with E-state index >= 15 is 0 Å². The normalized spacial score (nSPS) is 20.8.